The van der Waals surface area contributed by atoms with E-state index in [0.717, 1.165) is 55.5 Å². The van der Waals surface area contributed by atoms with E-state index in [0.29, 0.717) is 12.8 Å². The molecule has 0 spiro atoms. The van der Waals surface area contributed by atoms with Crippen molar-refractivity contribution in [1.82, 2.24) is 5.32 Å². The Hall–Kier alpha value is -2.41. The number of likely N-dealkylation sites (N-methyl/N-ethyl adjacent to an activating group) is 1. The predicted molar refractivity (Wildman–Crippen MR) is 116 cm³/mol. The summed E-state index contributed by atoms with van der Waals surface area (Å²) in [6.45, 7) is 4.23. The lowest BCUT2D eigenvalue weighted by Crippen LogP contribution is -2.51. The van der Waals surface area contributed by atoms with E-state index in [1.165, 1.54) is 4.90 Å². The van der Waals surface area contributed by atoms with Gasteiger partial charge in [-0.05, 0) is 43.4 Å². The Morgan fingerprint density at radius 3 is 2.41 bits per heavy atom. The second kappa shape index (κ2) is 12.9. The van der Waals surface area contributed by atoms with Crippen LogP contribution in [-0.4, -0.2) is 50.1 Å². The zero-order valence-corrected chi connectivity index (χ0v) is 18.1. The Kier molecular flexibility index (Phi) is 11.0. The SMILES string of the molecule is CC.CN(C=O)c1cc(CCCCCCO)ccc1N(C)C1CCC(=O)NC1=O. The Morgan fingerprint density at radius 2 is 1.79 bits per heavy atom. The van der Waals surface area contributed by atoms with Crippen molar-refractivity contribution < 1.29 is 19.5 Å². The van der Waals surface area contributed by atoms with Gasteiger partial charge in [0.15, 0.2) is 0 Å². The molecule has 0 aliphatic carbocycles. The summed E-state index contributed by atoms with van der Waals surface area (Å²) in [7, 11) is 3.50. The van der Waals surface area contributed by atoms with Crippen molar-refractivity contribution in [2.45, 2.75) is 64.8 Å². The number of amides is 3. The smallest absolute Gasteiger partial charge is 0.249 e. The number of aliphatic hydroxyl groups is 1. The molecule has 1 aromatic carbocycles. The molecule has 7 nitrogen and oxygen atoms in total. The lowest BCUT2D eigenvalue weighted by molar-refractivity contribution is -0.134. The first-order valence-corrected chi connectivity index (χ1v) is 10.5. The maximum Gasteiger partial charge on any atom is 0.249 e. The summed E-state index contributed by atoms with van der Waals surface area (Å²) in [4.78, 5) is 38.3. The van der Waals surface area contributed by atoms with Crippen LogP contribution in [0.3, 0.4) is 0 Å². The van der Waals surface area contributed by atoms with Gasteiger partial charge in [-0.15, -0.1) is 0 Å². The van der Waals surface area contributed by atoms with Crippen LogP contribution in [0.15, 0.2) is 18.2 Å². The van der Waals surface area contributed by atoms with Crippen LogP contribution in [0.5, 0.6) is 0 Å². The third-order valence-corrected chi connectivity index (χ3v) is 5.01. The standard InChI is InChI=1S/C20H29N3O4.C2H6/c1-22(14-25)18-13-15(7-5-3-4-6-12-24)8-9-16(18)23(2)17-10-11-19(26)21-20(17)27;1-2/h8-9,13-14,17,24H,3-7,10-12H2,1-2H3,(H,21,26,27);1-2H3. The second-order valence-electron chi connectivity index (χ2n) is 7.01. The van der Waals surface area contributed by atoms with Gasteiger partial charge in [0.25, 0.3) is 0 Å². The van der Waals surface area contributed by atoms with Crippen molar-refractivity contribution in [3.63, 3.8) is 0 Å². The summed E-state index contributed by atoms with van der Waals surface area (Å²) in [6.07, 6.45) is 6.33. The van der Waals surface area contributed by atoms with Crippen LogP contribution in [-0.2, 0) is 20.8 Å². The Morgan fingerprint density at radius 1 is 1.10 bits per heavy atom. The second-order valence-corrected chi connectivity index (χ2v) is 7.01. The van der Waals surface area contributed by atoms with E-state index in [2.05, 4.69) is 5.32 Å². The summed E-state index contributed by atoms with van der Waals surface area (Å²) in [5.74, 6) is -0.548. The molecule has 1 unspecified atom stereocenters. The van der Waals surface area contributed by atoms with Gasteiger partial charge in [0.05, 0.1) is 11.4 Å². The lowest BCUT2D eigenvalue weighted by atomic mass is 10.0. The number of rotatable bonds is 10. The highest BCUT2D eigenvalue weighted by molar-refractivity contribution is 6.02. The van der Waals surface area contributed by atoms with E-state index in [4.69, 9.17) is 5.11 Å². The molecule has 1 aliphatic heterocycles. The van der Waals surface area contributed by atoms with Gasteiger partial charge in [-0.2, -0.15) is 0 Å². The van der Waals surface area contributed by atoms with Crippen molar-refractivity contribution in [2.75, 3.05) is 30.5 Å². The summed E-state index contributed by atoms with van der Waals surface area (Å²) >= 11 is 0. The van der Waals surface area contributed by atoms with Crippen LogP contribution in [0.1, 0.15) is 57.9 Å². The predicted octanol–water partition coefficient (Wildman–Crippen LogP) is 2.64. The van der Waals surface area contributed by atoms with E-state index in [1.54, 1.807) is 7.05 Å². The molecule has 1 aromatic rings. The molecular weight excluding hydrogens is 370 g/mol. The average molecular weight is 406 g/mol. The number of nitrogens with one attached hydrogen (secondary N) is 1. The highest BCUT2D eigenvalue weighted by atomic mass is 16.3. The number of piperidine rings is 1. The Labute approximate surface area is 174 Å². The molecule has 7 heteroatoms. The number of carbonyl (C=O) groups is 3. The maximum absolute atomic E-state index is 12.2. The first kappa shape index (κ1) is 24.6. The molecule has 2 N–H and O–H groups in total. The minimum Gasteiger partial charge on any atom is -0.396 e. The normalized spacial score (nSPS) is 15.8. The molecule has 1 saturated heterocycles. The number of benzene rings is 1. The van der Waals surface area contributed by atoms with Crippen molar-refractivity contribution in [1.29, 1.82) is 0 Å². The van der Waals surface area contributed by atoms with E-state index in [9.17, 15) is 14.4 Å². The molecule has 0 radical (unpaired) electrons. The first-order valence-electron chi connectivity index (χ1n) is 10.5. The van der Waals surface area contributed by atoms with Gasteiger partial charge >= 0.3 is 0 Å². The highest BCUT2D eigenvalue weighted by Gasteiger charge is 2.31. The number of carbonyl (C=O) groups excluding carboxylic acids is 3. The molecule has 1 fully saturated rings. The first-order chi connectivity index (χ1) is 14.0. The van der Waals surface area contributed by atoms with Crippen LogP contribution in [0.2, 0.25) is 0 Å². The number of nitrogens with zero attached hydrogens (tertiary/aromatic N) is 2. The van der Waals surface area contributed by atoms with Crippen molar-refractivity contribution in [3.8, 4) is 0 Å². The fourth-order valence-corrected chi connectivity index (χ4v) is 3.38. The topological polar surface area (TPSA) is 90.0 Å². The average Bonchev–Trinajstić information content (AvgIpc) is 2.74. The van der Waals surface area contributed by atoms with Gasteiger partial charge in [-0.3, -0.25) is 19.7 Å². The van der Waals surface area contributed by atoms with Crippen molar-refractivity contribution >= 4 is 29.6 Å². The number of unbranched alkanes of at least 4 members (excludes halogenated alkanes) is 3. The number of hydrogen-bond donors (Lipinski definition) is 2. The number of aliphatic hydroxyl groups excluding tert-OH is 1. The van der Waals surface area contributed by atoms with Gasteiger partial charge in [-0.25, -0.2) is 0 Å². The Bertz CT molecular complexity index is 678. The quantitative estimate of drug-likeness (QED) is 0.355. The molecule has 0 bridgehead atoms. The fourth-order valence-electron chi connectivity index (χ4n) is 3.38. The molecule has 162 valence electrons. The van der Waals surface area contributed by atoms with Gasteiger partial charge in [-0.1, -0.05) is 32.8 Å². The lowest BCUT2D eigenvalue weighted by Gasteiger charge is -2.33. The summed E-state index contributed by atoms with van der Waals surface area (Å²) in [5.41, 5.74) is 2.65. The third-order valence-electron chi connectivity index (χ3n) is 5.01. The van der Waals surface area contributed by atoms with Gasteiger partial charge in [0.1, 0.15) is 6.04 Å². The third kappa shape index (κ3) is 7.16. The van der Waals surface area contributed by atoms with Crippen molar-refractivity contribution in [3.05, 3.63) is 23.8 Å². The summed E-state index contributed by atoms with van der Waals surface area (Å²) < 4.78 is 0. The van der Waals surface area contributed by atoms with Crippen molar-refractivity contribution in [2.24, 2.45) is 0 Å². The molecule has 2 rings (SSSR count). The summed E-state index contributed by atoms with van der Waals surface area (Å²) in [5, 5.41) is 11.2. The molecule has 29 heavy (non-hydrogen) atoms. The molecule has 3 amide bonds. The van der Waals surface area contributed by atoms with Crippen LogP contribution < -0.4 is 15.1 Å². The Balaban J connectivity index is 0.00000204. The van der Waals surface area contributed by atoms with Gasteiger partial charge in [0.2, 0.25) is 18.2 Å². The minimum absolute atomic E-state index is 0.232. The van der Waals surface area contributed by atoms with Gasteiger partial charge < -0.3 is 14.9 Å². The number of hydrogen-bond acceptors (Lipinski definition) is 5. The zero-order chi connectivity index (χ0) is 21.8. The summed E-state index contributed by atoms with van der Waals surface area (Å²) in [6, 6.07) is 5.50. The molecule has 0 saturated carbocycles. The van der Waals surface area contributed by atoms with E-state index < -0.39 is 6.04 Å². The van der Waals surface area contributed by atoms with E-state index >= 15 is 0 Å². The van der Waals surface area contributed by atoms with Crippen LogP contribution >= 0.6 is 0 Å². The largest absolute Gasteiger partial charge is 0.396 e. The number of anilines is 2. The van der Waals surface area contributed by atoms with Gasteiger partial charge in [0, 0.05) is 27.1 Å². The van der Waals surface area contributed by atoms with Crippen LogP contribution in [0.25, 0.3) is 0 Å². The molecule has 1 heterocycles. The molecular formula is C22H35N3O4. The molecule has 0 aromatic heterocycles. The van der Waals surface area contributed by atoms with Crippen LogP contribution in [0, 0.1) is 0 Å². The fraction of sp³-hybridized carbons (Fsp3) is 0.591. The highest BCUT2D eigenvalue weighted by Crippen LogP contribution is 2.32. The molecule has 1 atom stereocenters. The zero-order valence-electron chi connectivity index (χ0n) is 18.1. The maximum atomic E-state index is 12.2. The minimum atomic E-state index is -0.439. The van der Waals surface area contributed by atoms with E-state index in [-0.39, 0.29) is 18.4 Å². The van der Waals surface area contributed by atoms with E-state index in [1.807, 2.05) is 44.0 Å². The monoisotopic (exact) mass is 405 g/mol. The molecule has 1 aliphatic rings. The van der Waals surface area contributed by atoms with Crippen LogP contribution in [0.4, 0.5) is 11.4 Å². The number of imide groups is 1. The number of aryl methyl sites for hydroxylation is 1.